The zero-order valence-electron chi connectivity index (χ0n) is 8.96. The third kappa shape index (κ3) is 2.19. The normalized spacial score (nSPS) is 10.5. The van der Waals surface area contributed by atoms with E-state index < -0.39 is 0 Å². The van der Waals surface area contributed by atoms with Crippen LogP contribution in [0.25, 0.3) is 11.3 Å². The van der Waals surface area contributed by atoms with Crippen molar-refractivity contribution in [1.82, 2.24) is 9.97 Å². The summed E-state index contributed by atoms with van der Waals surface area (Å²) in [6.45, 7) is 3.54. The van der Waals surface area contributed by atoms with Gasteiger partial charge in [0.1, 0.15) is 5.82 Å². The molecule has 82 valence electrons. The summed E-state index contributed by atoms with van der Waals surface area (Å²) in [6.07, 6.45) is 0. The highest BCUT2D eigenvalue weighted by molar-refractivity contribution is 6.28. The van der Waals surface area contributed by atoms with Crippen LogP contribution in [0.2, 0.25) is 5.28 Å². The molecule has 0 unspecified atom stereocenters. The lowest BCUT2D eigenvalue weighted by molar-refractivity contribution is 0.619. The number of hydrogen-bond acceptors (Lipinski definition) is 2. The molecule has 0 bridgehead atoms. The molecule has 2 aromatic rings. The van der Waals surface area contributed by atoms with Crippen molar-refractivity contribution in [2.45, 2.75) is 13.8 Å². The largest absolute Gasteiger partial charge is 0.223 e. The van der Waals surface area contributed by atoms with Gasteiger partial charge in [-0.1, -0.05) is 12.1 Å². The van der Waals surface area contributed by atoms with Crippen LogP contribution in [0.15, 0.2) is 24.3 Å². The van der Waals surface area contributed by atoms with Gasteiger partial charge in [-0.2, -0.15) is 0 Å². The molecule has 0 amide bonds. The van der Waals surface area contributed by atoms with Crippen molar-refractivity contribution >= 4 is 11.6 Å². The van der Waals surface area contributed by atoms with Crippen molar-refractivity contribution < 1.29 is 4.39 Å². The minimum absolute atomic E-state index is 0.177. The van der Waals surface area contributed by atoms with E-state index in [1.807, 2.05) is 13.0 Å². The Labute approximate surface area is 98.1 Å². The Kier molecular flexibility index (Phi) is 2.88. The zero-order chi connectivity index (χ0) is 11.7. The number of nitrogens with zero attached hydrogens (tertiary/aromatic N) is 2. The highest BCUT2D eigenvalue weighted by Crippen LogP contribution is 2.21. The molecule has 16 heavy (non-hydrogen) atoms. The highest BCUT2D eigenvalue weighted by atomic mass is 35.5. The van der Waals surface area contributed by atoms with E-state index in [9.17, 15) is 4.39 Å². The lowest BCUT2D eigenvalue weighted by Gasteiger charge is -2.04. The number of rotatable bonds is 1. The number of aryl methyl sites for hydroxylation is 2. The molecule has 0 aliphatic rings. The fourth-order valence-corrected chi connectivity index (χ4v) is 1.66. The van der Waals surface area contributed by atoms with Gasteiger partial charge in [0.05, 0.1) is 5.69 Å². The van der Waals surface area contributed by atoms with E-state index in [2.05, 4.69) is 9.97 Å². The number of aromatic nitrogens is 2. The molecule has 1 aromatic carbocycles. The number of hydrogen-bond donors (Lipinski definition) is 0. The van der Waals surface area contributed by atoms with Crippen LogP contribution in [0.3, 0.4) is 0 Å². The van der Waals surface area contributed by atoms with E-state index in [-0.39, 0.29) is 11.1 Å². The predicted molar refractivity (Wildman–Crippen MR) is 61.9 cm³/mol. The Bertz CT molecular complexity index is 520. The summed E-state index contributed by atoms with van der Waals surface area (Å²) in [7, 11) is 0. The smallest absolute Gasteiger partial charge is 0.223 e. The molecule has 2 rings (SSSR count). The first kappa shape index (κ1) is 11.0. The molecule has 0 aliphatic carbocycles. The zero-order valence-corrected chi connectivity index (χ0v) is 9.72. The molecule has 0 fully saturated rings. The van der Waals surface area contributed by atoms with E-state index in [0.717, 1.165) is 5.69 Å². The highest BCUT2D eigenvalue weighted by Gasteiger charge is 2.05. The molecule has 2 nitrogen and oxygen atoms in total. The van der Waals surface area contributed by atoms with Gasteiger partial charge in [-0.25, -0.2) is 14.4 Å². The average Bonchev–Trinajstić information content (AvgIpc) is 2.20. The van der Waals surface area contributed by atoms with Gasteiger partial charge in [0.15, 0.2) is 0 Å². The van der Waals surface area contributed by atoms with Crippen molar-refractivity contribution in [1.29, 1.82) is 0 Å². The molecule has 0 saturated heterocycles. The second-order valence-corrected chi connectivity index (χ2v) is 3.97. The quantitative estimate of drug-likeness (QED) is 0.708. The lowest BCUT2D eigenvalue weighted by atomic mass is 10.1. The SMILES string of the molecule is Cc1cc(-c2ccc(C)c(F)c2)nc(Cl)n1. The lowest BCUT2D eigenvalue weighted by Crippen LogP contribution is -1.92. The van der Waals surface area contributed by atoms with Crippen molar-refractivity contribution in [3.8, 4) is 11.3 Å². The first-order valence-electron chi connectivity index (χ1n) is 4.84. The summed E-state index contributed by atoms with van der Waals surface area (Å²) in [4.78, 5) is 8.02. The van der Waals surface area contributed by atoms with Crippen LogP contribution in [0.5, 0.6) is 0 Å². The standard InChI is InChI=1S/C12H10ClFN2/c1-7-3-4-9(6-10(7)14)11-5-8(2)15-12(13)16-11/h3-6H,1-2H3. The minimum Gasteiger partial charge on any atom is -0.223 e. The Balaban J connectivity index is 2.54. The van der Waals surface area contributed by atoms with Crippen molar-refractivity contribution in [3.05, 3.63) is 46.6 Å². The summed E-state index contributed by atoms with van der Waals surface area (Å²) in [5.74, 6) is -0.245. The molecule has 0 atom stereocenters. The second kappa shape index (κ2) is 4.18. The maximum Gasteiger partial charge on any atom is 0.223 e. The van der Waals surface area contributed by atoms with E-state index in [0.29, 0.717) is 16.8 Å². The van der Waals surface area contributed by atoms with Crippen molar-refractivity contribution in [2.75, 3.05) is 0 Å². The van der Waals surface area contributed by atoms with Gasteiger partial charge in [0.2, 0.25) is 5.28 Å². The molecular formula is C12H10ClFN2. The Morgan fingerprint density at radius 2 is 1.88 bits per heavy atom. The molecule has 0 radical (unpaired) electrons. The first-order valence-corrected chi connectivity index (χ1v) is 5.22. The molecule has 1 aromatic heterocycles. The van der Waals surface area contributed by atoms with Crippen LogP contribution >= 0.6 is 11.6 Å². The molecule has 1 heterocycles. The summed E-state index contributed by atoms with van der Waals surface area (Å²) in [5, 5.41) is 0.177. The summed E-state index contributed by atoms with van der Waals surface area (Å²) in [6, 6.07) is 6.76. The molecule has 4 heteroatoms. The maximum atomic E-state index is 13.4. The maximum absolute atomic E-state index is 13.4. The van der Waals surface area contributed by atoms with Gasteiger partial charge >= 0.3 is 0 Å². The fraction of sp³-hybridized carbons (Fsp3) is 0.167. The number of halogens is 2. The predicted octanol–water partition coefficient (Wildman–Crippen LogP) is 3.55. The molecule has 0 aliphatic heterocycles. The molecule has 0 N–H and O–H groups in total. The van der Waals surface area contributed by atoms with Crippen LogP contribution < -0.4 is 0 Å². The summed E-state index contributed by atoms with van der Waals surface area (Å²) >= 11 is 5.76. The van der Waals surface area contributed by atoms with Crippen molar-refractivity contribution in [2.24, 2.45) is 0 Å². The van der Waals surface area contributed by atoms with E-state index >= 15 is 0 Å². The van der Waals surface area contributed by atoms with Crippen LogP contribution in [0.1, 0.15) is 11.3 Å². The van der Waals surface area contributed by atoms with E-state index in [1.165, 1.54) is 6.07 Å². The minimum atomic E-state index is -0.245. The average molecular weight is 237 g/mol. The summed E-state index contributed by atoms with van der Waals surface area (Å²) in [5.41, 5.74) is 2.71. The number of benzene rings is 1. The second-order valence-electron chi connectivity index (χ2n) is 3.63. The first-order chi connectivity index (χ1) is 7.56. The Hall–Kier alpha value is -1.48. The van der Waals surface area contributed by atoms with Crippen LogP contribution in [-0.2, 0) is 0 Å². The Morgan fingerprint density at radius 1 is 1.12 bits per heavy atom. The van der Waals surface area contributed by atoms with Crippen LogP contribution in [-0.4, -0.2) is 9.97 Å². The fourth-order valence-electron chi connectivity index (χ4n) is 1.43. The third-order valence-corrected chi connectivity index (χ3v) is 2.46. The molecular weight excluding hydrogens is 227 g/mol. The summed E-state index contributed by atoms with van der Waals surface area (Å²) < 4.78 is 13.4. The Morgan fingerprint density at radius 3 is 2.50 bits per heavy atom. The van der Waals surface area contributed by atoms with E-state index in [4.69, 9.17) is 11.6 Å². The van der Waals surface area contributed by atoms with Gasteiger partial charge < -0.3 is 0 Å². The monoisotopic (exact) mass is 236 g/mol. The molecule has 0 spiro atoms. The van der Waals surface area contributed by atoms with Gasteiger partial charge in [-0.15, -0.1) is 0 Å². The van der Waals surface area contributed by atoms with Crippen molar-refractivity contribution in [3.63, 3.8) is 0 Å². The van der Waals surface area contributed by atoms with Gasteiger partial charge in [-0.3, -0.25) is 0 Å². The third-order valence-electron chi connectivity index (χ3n) is 2.29. The van der Waals surface area contributed by atoms with Crippen LogP contribution in [0, 0.1) is 19.7 Å². The van der Waals surface area contributed by atoms with E-state index in [1.54, 1.807) is 19.1 Å². The molecule has 0 saturated carbocycles. The topological polar surface area (TPSA) is 25.8 Å². The van der Waals surface area contributed by atoms with Gasteiger partial charge in [-0.05, 0) is 43.1 Å². The van der Waals surface area contributed by atoms with Gasteiger partial charge in [0.25, 0.3) is 0 Å². The van der Waals surface area contributed by atoms with Gasteiger partial charge in [0, 0.05) is 11.3 Å². The van der Waals surface area contributed by atoms with Crippen LogP contribution in [0.4, 0.5) is 4.39 Å².